The van der Waals surface area contributed by atoms with Gasteiger partial charge in [0, 0.05) is 6.07 Å². The summed E-state index contributed by atoms with van der Waals surface area (Å²) in [6.45, 7) is 9.43. The zero-order valence-electron chi connectivity index (χ0n) is 9.74. The summed E-state index contributed by atoms with van der Waals surface area (Å²) in [6.07, 6.45) is 0. The van der Waals surface area contributed by atoms with Crippen molar-refractivity contribution in [3.05, 3.63) is 45.5 Å². The van der Waals surface area contributed by atoms with Gasteiger partial charge in [0.05, 0.1) is 4.92 Å². The molecule has 0 unspecified atom stereocenters. The molecule has 0 aliphatic rings. The second-order valence-corrected chi connectivity index (χ2v) is 3.93. The first-order valence-electron chi connectivity index (χ1n) is 4.94. The Morgan fingerprint density at radius 1 is 1.50 bits per heavy atom. The largest absolute Gasteiger partial charge is 0.482 e. The molecular weight excluding hydrogens is 206 g/mol. The van der Waals surface area contributed by atoms with Gasteiger partial charge in [0.1, 0.15) is 6.61 Å². The predicted octanol–water partition coefficient (Wildman–Crippen LogP) is 3.17. The fourth-order valence-corrected chi connectivity index (χ4v) is 1.45. The number of nitrogens with zero attached hydrogens (tertiary/aromatic N) is 1. The van der Waals surface area contributed by atoms with Crippen molar-refractivity contribution < 1.29 is 9.66 Å². The fraction of sp³-hybridized carbons (Fsp3) is 0.333. The van der Waals surface area contributed by atoms with E-state index in [0.29, 0.717) is 12.4 Å². The zero-order chi connectivity index (χ0) is 12.3. The van der Waals surface area contributed by atoms with Crippen molar-refractivity contribution in [1.82, 2.24) is 0 Å². The van der Waals surface area contributed by atoms with Crippen LogP contribution in [0.4, 0.5) is 5.69 Å². The highest BCUT2D eigenvalue weighted by molar-refractivity contribution is 5.53. The van der Waals surface area contributed by atoms with Gasteiger partial charge in [0.25, 0.3) is 0 Å². The van der Waals surface area contributed by atoms with Crippen molar-refractivity contribution in [3.63, 3.8) is 0 Å². The molecular formula is C12H15NO3. The van der Waals surface area contributed by atoms with Crippen LogP contribution < -0.4 is 4.74 Å². The average Bonchev–Trinajstić information content (AvgIpc) is 2.14. The van der Waals surface area contributed by atoms with E-state index in [1.807, 2.05) is 19.9 Å². The molecule has 0 atom stereocenters. The van der Waals surface area contributed by atoms with E-state index in [2.05, 4.69) is 6.58 Å². The maximum Gasteiger partial charge on any atom is 0.311 e. The molecule has 1 aromatic rings. The van der Waals surface area contributed by atoms with Crippen LogP contribution in [0.3, 0.4) is 0 Å². The normalized spacial score (nSPS) is 9.94. The predicted molar refractivity (Wildman–Crippen MR) is 62.9 cm³/mol. The van der Waals surface area contributed by atoms with Gasteiger partial charge >= 0.3 is 5.69 Å². The van der Waals surface area contributed by atoms with Crippen molar-refractivity contribution in [1.29, 1.82) is 0 Å². The van der Waals surface area contributed by atoms with Gasteiger partial charge in [-0.05, 0) is 37.5 Å². The van der Waals surface area contributed by atoms with Crippen molar-refractivity contribution in [2.75, 3.05) is 6.61 Å². The Balaban J connectivity index is 3.14. The van der Waals surface area contributed by atoms with Crippen molar-refractivity contribution >= 4 is 5.69 Å². The van der Waals surface area contributed by atoms with Gasteiger partial charge in [-0.1, -0.05) is 12.6 Å². The summed E-state index contributed by atoms with van der Waals surface area (Å²) in [6, 6.07) is 3.38. The smallest absolute Gasteiger partial charge is 0.311 e. The van der Waals surface area contributed by atoms with Crippen LogP contribution in [0.2, 0.25) is 0 Å². The van der Waals surface area contributed by atoms with E-state index in [1.165, 1.54) is 6.07 Å². The first-order valence-corrected chi connectivity index (χ1v) is 4.94. The summed E-state index contributed by atoms with van der Waals surface area (Å²) >= 11 is 0. The molecule has 4 heteroatoms. The molecule has 0 saturated heterocycles. The summed E-state index contributed by atoms with van der Waals surface area (Å²) in [5.74, 6) is 0.332. The molecule has 0 fully saturated rings. The zero-order valence-corrected chi connectivity index (χ0v) is 9.74. The maximum atomic E-state index is 10.9. The lowest BCUT2D eigenvalue weighted by atomic mass is 10.1. The molecule has 0 aliphatic heterocycles. The minimum absolute atomic E-state index is 0.0127. The van der Waals surface area contributed by atoms with Crippen LogP contribution in [0.25, 0.3) is 0 Å². The summed E-state index contributed by atoms with van der Waals surface area (Å²) < 4.78 is 5.40. The topological polar surface area (TPSA) is 52.4 Å². The van der Waals surface area contributed by atoms with Crippen LogP contribution in [0.1, 0.15) is 18.1 Å². The summed E-state index contributed by atoms with van der Waals surface area (Å²) in [7, 11) is 0. The Kier molecular flexibility index (Phi) is 3.66. The number of hydrogen-bond acceptors (Lipinski definition) is 3. The standard InChI is InChI=1S/C12H15NO3/c1-8(2)7-16-12-10(4)5-9(3)6-11(12)13(14)15/h5-6H,1,7H2,2-4H3. The van der Waals surface area contributed by atoms with Gasteiger partial charge in [-0.3, -0.25) is 10.1 Å². The maximum absolute atomic E-state index is 10.9. The van der Waals surface area contributed by atoms with Crippen molar-refractivity contribution in [2.24, 2.45) is 0 Å². The van der Waals surface area contributed by atoms with E-state index in [4.69, 9.17) is 4.74 Å². The van der Waals surface area contributed by atoms with E-state index in [9.17, 15) is 10.1 Å². The SMILES string of the molecule is C=C(C)COc1c(C)cc(C)cc1[N+](=O)[O-]. The molecule has 0 heterocycles. The van der Waals surface area contributed by atoms with E-state index >= 15 is 0 Å². The Labute approximate surface area is 94.7 Å². The average molecular weight is 221 g/mol. The lowest BCUT2D eigenvalue weighted by molar-refractivity contribution is -0.385. The molecule has 0 aliphatic carbocycles. The van der Waals surface area contributed by atoms with Gasteiger partial charge < -0.3 is 4.74 Å². The molecule has 0 amide bonds. The van der Waals surface area contributed by atoms with Gasteiger partial charge in [-0.2, -0.15) is 0 Å². The molecule has 0 bridgehead atoms. The molecule has 1 aromatic carbocycles. The molecule has 0 aromatic heterocycles. The lowest BCUT2D eigenvalue weighted by Gasteiger charge is -2.10. The third kappa shape index (κ3) is 2.82. The minimum Gasteiger partial charge on any atom is -0.482 e. The van der Waals surface area contributed by atoms with Gasteiger partial charge in [-0.15, -0.1) is 0 Å². The summed E-state index contributed by atoms with van der Waals surface area (Å²) in [4.78, 5) is 10.5. The highest BCUT2D eigenvalue weighted by Gasteiger charge is 2.18. The van der Waals surface area contributed by atoms with Gasteiger partial charge in [0.15, 0.2) is 5.75 Å². The molecule has 1 rings (SSSR count). The molecule has 16 heavy (non-hydrogen) atoms. The van der Waals surface area contributed by atoms with E-state index in [0.717, 1.165) is 16.7 Å². The molecule has 86 valence electrons. The highest BCUT2D eigenvalue weighted by Crippen LogP contribution is 2.32. The minimum atomic E-state index is -0.423. The quantitative estimate of drug-likeness (QED) is 0.445. The number of aryl methyl sites for hydroxylation is 2. The first-order chi connectivity index (χ1) is 7.41. The third-order valence-corrected chi connectivity index (χ3v) is 2.06. The van der Waals surface area contributed by atoms with E-state index < -0.39 is 4.92 Å². The van der Waals surface area contributed by atoms with Crippen molar-refractivity contribution in [2.45, 2.75) is 20.8 Å². The number of rotatable bonds is 4. The Morgan fingerprint density at radius 2 is 2.12 bits per heavy atom. The van der Waals surface area contributed by atoms with Crippen LogP contribution in [0.15, 0.2) is 24.3 Å². The monoisotopic (exact) mass is 221 g/mol. The first kappa shape index (κ1) is 12.2. The van der Waals surface area contributed by atoms with E-state index in [-0.39, 0.29) is 5.69 Å². The summed E-state index contributed by atoms with van der Waals surface area (Å²) in [5.41, 5.74) is 2.47. The van der Waals surface area contributed by atoms with Crippen LogP contribution in [-0.2, 0) is 0 Å². The van der Waals surface area contributed by atoms with Gasteiger partial charge in [-0.25, -0.2) is 0 Å². The van der Waals surface area contributed by atoms with Crippen LogP contribution in [0, 0.1) is 24.0 Å². The number of benzene rings is 1. The number of ether oxygens (including phenoxy) is 1. The molecule has 0 N–H and O–H groups in total. The van der Waals surface area contributed by atoms with Crippen molar-refractivity contribution in [3.8, 4) is 5.75 Å². The van der Waals surface area contributed by atoms with Crippen LogP contribution in [0.5, 0.6) is 5.75 Å². The fourth-order valence-electron chi connectivity index (χ4n) is 1.45. The highest BCUT2D eigenvalue weighted by atomic mass is 16.6. The Morgan fingerprint density at radius 3 is 2.62 bits per heavy atom. The second-order valence-electron chi connectivity index (χ2n) is 3.93. The Bertz CT molecular complexity index is 438. The Hall–Kier alpha value is -1.84. The molecule has 0 spiro atoms. The van der Waals surface area contributed by atoms with E-state index in [1.54, 1.807) is 6.92 Å². The third-order valence-electron chi connectivity index (χ3n) is 2.06. The molecule has 4 nitrogen and oxygen atoms in total. The van der Waals surface area contributed by atoms with Crippen LogP contribution in [-0.4, -0.2) is 11.5 Å². The number of nitro groups is 1. The van der Waals surface area contributed by atoms with Gasteiger partial charge in [0.2, 0.25) is 0 Å². The van der Waals surface area contributed by atoms with Crippen LogP contribution >= 0.6 is 0 Å². The number of hydrogen-bond donors (Lipinski definition) is 0. The summed E-state index contributed by atoms with van der Waals surface area (Å²) in [5, 5.41) is 10.9. The molecule has 0 saturated carbocycles. The number of nitro benzene ring substituents is 1. The molecule has 0 radical (unpaired) electrons. The lowest BCUT2D eigenvalue weighted by Crippen LogP contribution is -2.03. The second kappa shape index (κ2) is 4.79.